The summed E-state index contributed by atoms with van der Waals surface area (Å²) in [5.41, 5.74) is -2.29. The van der Waals surface area contributed by atoms with Gasteiger partial charge in [0.2, 0.25) is 0 Å². The molecule has 0 saturated carbocycles. The van der Waals surface area contributed by atoms with Gasteiger partial charge in [0.1, 0.15) is 11.7 Å². The summed E-state index contributed by atoms with van der Waals surface area (Å²) < 4.78 is 83.0. The number of ether oxygens (including phenoxy) is 1. The molecular weight excluding hydrogens is 322 g/mol. The zero-order chi connectivity index (χ0) is 17.2. The van der Waals surface area contributed by atoms with E-state index in [1.807, 2.05) is 6.92 Å². The van der Waals surface area contributed by atoms with Crippen LogP contribution in [0.4, 0.5) is 26.3 Å². The van der Waals surface area contributed by atoms with Gasteiger partial charge in [-0.25, -0.2) is 0 Å². The van der Waals surface area contributed by atoms with Gasteiger partial charge < -0.3 is 4.74 Å². The third-order valence-electron chi connectivity index (χ3n) is 4.13. The van der Waals surface area contributed by atoms with E-state index in [1.54, 1.807) is 13.0 Å². The second-order valence-electron chi connectivity index (χ2n) is 5.91. The summed E-state index contributed by atoms with van der Waals surface area (Å²) in [6.45, 7) is 3.46. The van der Waals surface area contributed by atoms with Gasteiger partial charge >= 0.3 is 12.4 Å². The SMILES string of the molecule is CC1=C(c2cc(C(F)(F)F)cc(C(F)(F)F)c2)C=CC2(C)OC12. The largest absolute Gasteiger partial charge is 0.416 e. The summed E-state index contributed by atoms with van der Waals surface area (Å²) in [7, 11) is 0. The predicted molar refractivity (Wildman–Crippen MR) is 71.5 cm³/mol. The van der Waals surface area contributed by atoms with Crippen molar-refractivity contribution in [3.63, 3.8) is 0 Å². The van der Waals surface area contributed by atoms with E-state index in [4.69, 9.17) is 4.74 Å². The molecule has 0 spiro atoms. The van der Waals surface area contributed by atoms with Gasteiger partial charge in [-0.05, 0) is 54.8 Å². The Morgan fingerprint density at radius 3 is 1.96 bits per heavy atom. The fourth-order valence-electron chi connectivity index (χ4n) is 2.82. The van der Waals surface area contributed by atoms with E-state index in [1.165, 1.54) is 6.08 Å². The first-order chi connectivity index (χ1) is 10.4. The molecular formula is C16H12F6O. The summed E-state index contributed by atoms with van der Waals surface area (Å²) in [4.78, 5) is 0. The van der Waals surface area contributed by atoms with Gasteiger partial charge in [0.25, 0.3) is 0 Å². The van der Waals surface area contributed by atoms with Gasteiger partial charge in [-0.15, -0.1) is 0 Å². The molecule has 1 aliphatic carbocycles. The van der Waals surface area contributed by atoms with Crippen LogP contribution in [-0.2, 0) is 17.1 Å². The van der Waals surface area contributed by atoms with E-state index in [2.05, 4.69) is 0 Å². The highest BCUT2D eigenvalue weighted by Gasteiger charge is 2.53. The molecule has 2 aliphatic rings. The zero-order valence-electron chi connectivity index (χ0n) is 12.1. The Hall–Kier alpha value is -1.76. The van der Waals surface area contributed by atoms with Crippen LogP contribution in [0.5, 0.6) is 0 Å². The molecule has 1 saturated heterocycles. The van der Waals surface area contributed by atoms with E-state index in [0.717, 1.165) is 12.1 Å². The number of halogens is 6. The van der Waals surface area contributed by atoms with Crippen molar-refractivity contribution in [3.8, 4) is 0 Å². The van der Waals surface area contributed by atoms with Crippen molar-refractivity contribution >= 4 is 5.57 Å². The van der Waals surface area contributed by atoms with Crippen LogP contribution < -0.4 is 0 Å². The average Bonchev–Trinajstić information content (AvgIpc) is 3.10. The molecule has 1 aromatic carbocycles. The van der Waals surface area contributed by atoms with Crippen LogP contribution in [0.15, 0.2) is 35.9 Å². The van der Waals surface area contributed by atoms with E-state index < -0.39 is 29.1 Å². The smallest absolute Gasteiger partial charge is 0.357 e. The lowest BCUT2D eigenvalue weighted by Gasteiger charge is -2.18. The van der Waals surface area contributed by atoms with Crippen molar-refractivity contribution in [1.82, 2.24) is 0 Å². The Bertz CT molecular complexity index is 693. The van der Waals surface area contributed by atoms with Gasteiger partial charge in [-0.2, -0.15) is 26.3 Å². The van der Waals surface area contributed by atoms with Crippen LogP contribution in [0.3, 0.4) is 0 Å². The predicted octanol–water partition coefficient (Wildman–Crippen LogP) is 5.23. The minimum atomic E-state index is -4.85. The normalized spacial score (nSPS) is 27.2. The van der Waals surface area contributed by atoms with E-state index in [0.29, 0.717) is 11.1 Å². The molecule has 23 heavy (non-hydrogen) atoms. The number of hydrogen-bond donors (Lipinski definition) is 0. The minimum Gasteiger partial charge on any atom is -0.357 e. The maximum absolute atomic E-state index is 12.9. The average molecular weight is 334 g/mol. The first kappa shape index (κ1) is 16.1. The molecule has 124 valence electrons. The van der Waals surface area contributed by atoms with Crippen molar-refractivity contribution in [1.29, 1.82) is 0 Å². The molecule has 2 atom stereocenters. The summed E-state index contributed by atoms with van der Waals surface area (Å²) in [6, 6.07) is 1.61. The van der Waals surface area contributed by atoms with E-state index in [-0.39, 0.29) is 17.7 Å². The highest BCUT2D eigenvalue weighted by Crippen LogP contribution is 2.49. The summed E-state index contributed by atoms with van der Waals surface area (Å²) in [5.74, 6) is 0. The van der Waals surface area contributed by atoms with E-state index in [9.17, 15) is 26.3 Å². The Kier molecular flexibility index (Phi) is 3.24. The fourth-order valence-corrected chi connectivity index (χ4v) is 2.82. The maximum Gasteiger partial charge on any atom is 0.416 e. The molecule has 0 N–H and O–H groups in total. The van der Waals surface area contributed by atoms with Crippen LogP contribution in [0.25, 0.3) is 5.57 Å². The highest BCUT2D eigenvalue weighted by molar-refractivity contribution is 5.80. The number of alkyl halides is 6. The van der Waals surface area contributed by atoms with Crippen molar-refractivity contribution < 1.29 is 31.1 Å². The maximum atomic E-state index is 12.9. The van der Waals surface area contributed by atoms with Crippen molar-refractivity contribution in [2.24, 2.45) is 0 Å². The number of epoxide rings is 1. The second kappa shape index (κ2) is 4.63. The molecule has 0 bridgehead atoms. The van der Waals surface area contributed by atoms with Crippen LogP contribution >= 0.6 is 0 Å². The number of benzene rings is 1. The number of allylic oxidation sites excluding steroid dienone is 2. The quantitative estimate of drug-likeness (QED) is 0.506. The minimum absolute atomic E-state index is 0.113. The molecule has 1 nitrogen and oxygen atoms in total. The monoisotopic (exact) mass is 334 g/mol. The molecule has 1 heterocycles. The Morgan fingerprint density at radius 1 is 0.957 bits per heavy atom. The zero-order valence-corrected chi connectivity index (χ0v) is 12.1. The Balaban J connectivity index is 2.15. The molecule has 1 aliphatic heterocycles. The Morgan fingerprint density at radius 2 is 1.48 bits per heavy atom. The lowest BCUT2D eigenvalue weighted by atomic mass is 9.87. The molecule has 1 fully saturated rings. The molecule has 1 aromatic rings. The van der Waals surface area contributed by atoms with Crippen LogP contribution in [0, 0.1) is 0 Å². The molecule has 0 aromatic heterocycles. The van der Waals surface area contributed by atoms with Gasteiger partial charge in [-0.1, -0.05) is 6.08 Å². The van der Waals surface area contributed by atoms with Gasteiger partial charge in [0, 0.05) is 0 Å². The Labute approximate surface area is 128 Å². The summed E-state index contributed by atoms with van der Waals surface area (Å²) in [6.07, 6.45) is -6.82. The van der Waals surface area contributed by atoms with Gasteiger partial charge in [-0.3, -0.25) is 0 Å². The standard InChI is InChI=1S/C16H12F6O/c1-8-12(3-4-14(2)13(8)23-14)9-5-10(15(17,18)19)7-11(6-9)16(20,21)22/h3-7,13H,1-2H3. The number of hydrogen-bond acceptors (Lipinski definition) is 1. The molecule has 7 heteroatoms. The highest BCUT2D eigenvalue weighted by atomic mass is 19.4. The number of fused-ring (bicyclic) bond motifs is 1. The lowest BCUT2D eigenvalue weighted by Crippen LogP contribution is -2.14. The van der Waals surface area contributed by atoms with Crippen LogP contribution in [0.1, 0.15) is 30.5 Å². The van der Waals surface area contributed by atoms with Crippen molar-refractivity contribution in [2.75, 3.05) is 0 Å². The third-order valence-corrected chi connectivity index (χ3v) is 4.13. The summed E-state index contributed by atoms with van der Waals surface area (Å²) in [5, 5.41) is 0. The van der Waals surface area contributed by atoms with Gasteiger partial charge in [0.15, 0.2) is 0 Å². The molecule has 0 amide bonds. The molecule has 2 unspecified atom stereocenters. The van der Waals surface area contributed by atoms with Crippen LogP contribution in [-0.4, -0.2) is 11.7 Å². The first-order valence-electron chi connectivity index (χ1n) is 6.79. The second-order valence-corrected chi connectivity index (χ2v) is 5.91. The first-order valence-corrected chi connectivity index (χ1v) is 6.79. The van der Waals surface area contributed by atoms with E-state index >= 15 is 0 Å². The van der Waals surface area contributed by atoms with Crippen molar-refractivity contribution in [2.45, 2.75) is 37.9 Å². The topological polar surface area (TPSA) is 12.5 Å². The lowest BCUT2D eigenvalue weighted by molar-refractivity contribution is -0.143. The molecule has 3 rings (SSSR count). The van der Waals surface area contributed by atoms with Crippen LogP contribution in [0.2, 0.25) is 0 Å². The summed E-state index contributed by atoms with van der Waals surface area (Å²) >= 11 is 0. The van der Waals surface area contributed by atoms with Gasteiger partial charge in [0.05, 0.1) is 11.1 Å². The molecule has 0 radical (unpaired) electrons. The fraction of sp³-hybridized carbons (Fsp3) is 0.375. The number of rotatable bonds is 1. The third kappa shape index (κ3) is 2.78. The van der Waals surface area contributed by atoms with Crippen molar-refractivity contribution in [3.05, 3.63) is 52.6 Å².